The summed E-state index contributed by atoms with van der Waals surface area (Å²) >= 11 is 0. The first-order chi connectivity index (χ1) is 7.63. The summed E-state index contributed by atoms with van der Waals surface area (Å²) in [5, 5.41) is 7.22. The van der Waals surface area contributed by atoms with E-state index in [0.29, 0.717) is 6.54 Å². The summed E-state index contributed by atoms with van der Waals surface area (Å²) in [4.78, 5) is 13.1. The lowest BCUT2D eigenvalue weighted by Crippen LogP contribution is -2.36. The van der Waals surface area contributed by atoms with Crippen molar-refractivity contribution in [3.8, 4) is 0 Å². The molecular formula is C11H20N4O. The number of aromatic nitrogens is 2. The Labute approximate surface area is 96.4 Å². The second kappa shape index (κ2) is 6.27. The topological polar surface area (TPSA) is 50.2 Å². The second-order valence-electron chi connectivity index (χ2n) is 3.86. The maximum Gasteiger partial charge on any atom is 0.236 e. The molecule has 90 valence electrons. The Balaban J connectivity index is 2.15. The number of nitrogens with zero attached hydrogens (tertiary/aromatic N) is 3. The van der Waals surface area contributed by atoms with Crippen molar-refractivity contribution < 1.29 is 4.79 Å². The molecule has 0 atom stereocenters. The monoisotopic (exact) mass is 224 g/mol. The van der Waals surface area contributed by atoms with Gasteiger partial charge in [-0.15, -0.1) is 0 Å². The number of hydrogen-bond donors (Lipinski definition) is 1. The summed E-state index contributed by atoms with van der Waals surface area (Å²) in [6.07, 6.45) is 4.74. The zero-order valence-electron chi connectivity index (χ0n) is 10.2. The molecule has 5 heteroatoms. The highest BCUT2D eigenvalue weighted by Crippen LogP contribution is 1.95. The average Bonchev–Trinajstić information content (AvgIpc) is 2.69. The van der Waals surface area contributed by atoms with Crippen LogP contribution in [0.5, 0.6) is 0 Å². The molecule has 0 saturated heterocycles. The lowest BCUT2D eigenvalue weighted by molar-refractivity contribution is -0.128. The van der Waals surface area contributed by atoms with Gasteiger partial charge in [0.25, 0.3) is 0 Å². The first kappa shape index (κ1) is 12.7. The minimum Gasteiger partial charge on any atom is -0.345 e. The average molecular weight is 224 g/mol. The molecule has 0 radical (unpaired) electrons. The molecule has 0 bridgehead atoms. The maximum atomic E-state index is 11.4. The molecule has 0 aliphatic carbocycles. The SMILES string of the molecule is CCN(C)C(=O)CNCCc1cnn(C)c1. The van der Waals surface area contributed by atoms with Crippen LogP contribution in [0.15, 0.2) is 12.4 Å². The minimum atomic E-state index is 0.133. The number of carbonyl (C=O) groups excluding carboxylic acids is 1. The fourth-order valence-electron chi connectivity index (χ4n) is 1.34. The van der Waals surface area contributed by atoms with E-state index in [9.17, 15) is 4.79 Å². The number of nitrogens with one attached hydrogen (secondary N) is 1. The van der Waals surface area contributed by atoms with E-state index in [1.807, 2.05) is 33.4 Å². The molecule has 16 heavy (non-hydrogen) atoms. The molecule has 1 aromatic heterocycles. The van der Waals surface area contributed by atoms with E-state index in [-0.39, 0.29) is 5.91 Å². The predicted molar refractivity (Wildman–Crippen MR) is 63.1 cm³/mol. The first-order valence-corrected chi connectivity index (χ1v) is 5.55. The fourth-order valence-corrected chi connectivity index (χ4v) is 1.34. The number of carbonyl (C=O) groups is 1. The highest BCUT2D eigenvalue weighted by molar-refractivity contribution is 5.77. The summed E-state index contributed by atoms with van der Waals surface area (Å²) in [5.41, 5.74) is 1.19. The zero-order valence-corrected chi connectivity index (χ0v) is 10.2. The van der Waals surface area contributed by atoms with E-state index in [4.69, 9.17) is 0 Å². The van der Waals surface area contributed by atoms with Gasteiger partial charge in [-0.1, -0.05) is 0 Å². The van der Waals surface area contributed by atoms with Crippen LogP contribution in [0.4, 0.5) is 0 Å². The van der Waals surface area contributed by atoms with Crippen LogP contribution in [-0.2, 0) is 18.3 Å². The van der Waals surface area contributed by atoms with Crippen molar-refractivity contribution in [3.63, 3.8) is 0 Å². The zero-order chi connectivity index (χ0) is 12.0. The highest BCUT2D eigenvalue weighted by atomic mass is 16.2. The lowest BCUT2D eigenvalue weighted by Gasteiger charge is -2.14. The largest absolute Gasteiger partial charge is 0.345 e. The van der Waals surface area contributed by atoms with Crippen molar-refractivity contribution in [3.05, 3.63) is 18.0 Å². The molecule has 0 spiro atoms. The predicted octanol–water partition coefficient (Wildman–Crippen LogP) is 0.0305. The third kappa shape index (κ3) is 4.02. The highest BCUT2D eigenvalue weighted by Gasteiger charge is 2.04. The van der Waals surface area contributed by atoms with Crippen LogP contribution in [0.25, 0.3) is 0 Å². The summed E-state index contributed by atoms with van der Waals surface area (Å²) in [6.45, 7) is 3.93. The van der Waals surface area contributed by atoms with Gasteiger partial charge in [0.05, 0.1) is 12.7 Å². The van der Waals surface area contributed by atoms with E-state index in [1.54, 1.807) is 9.58 Å². The molecule has 0 aliphatic heterocycles. The molecule has 0 unspecified atom stereocenters. The molecule has 1 rings (SSSR count). The van der Waals surface area contributed by atoms with Crippen molar-refractivity contribution in [2.45, 2.75) is 13.3 Å². The quantitative estimate of drug-likeness (QED) is 0.694. The van der Waals surface area contributed by atoms with Gasteiger partial charge in [0.2, 0.25) is 5.91 Å². The van der Waals surface area contributed by atoms with Crippen LogP contribution >= 0.6 is 0 Å². The van der Waals surface area contributed by atoms with E-state index in [1.165, 1.54) is 5.56 Å². The number of likely N-dealkylation sites (N-methyl/N-ethyl adjacent to an activating group) is 1. The molecular weight excluding hydrogens is 204 g/mol. The van der Waals surface area contributed by atoms with Gasteiger partial charge in [-0.2, -0.15) is 5.10 Å². The minimum absolute atomic E-state index is 0.133. The standard InChI is InChI=1S/C11H20N4O/c1-4-14(2)11(16)8-12-6-5-10-7-13-15(3)9-10/h7,9,12H,4-6,8H2,1-3H3. The van der Waals surface area contributed by atoms with Crippen molar-refractivity contribution >= 4 is 5.91 Å². The second-order valence-corrected chi connectivity index (χ2v) is 3.86. The van der Waals surface area contributed by atoms with Gasteiger partial charge in [0.15, 0.2) is 0 Å². The van der Waals surface area contributed by atoms with Gasteiger partial charge in [-0.25, -0.2) is 0 Å². The first-order valence-electron chi connectivity index (χ1n) is 5.55. The third-order valence-corrected chi connectivity index (χ3v) is 2.53. The third-order valence-electron chi connectivity index (χ3n) is 2.53. The number of amides is 1. The fraction of sp³-hybridized carbons (Fsp3) is 0.636. The molecule has 5 nitrogen and oxygen atoms in total. The van der Waals surface area contributed by atoms with E-state index < -0.39 is 0 Å². The molecule has 0 saturated carbocycles. The Morgan fingerprint density at radius 2 is 2.38 bits per heavy atom. The smallest absolute Gasteiger partial charge is 0.236 e. The Bertz CT molecular complexity index is 334. The van der Waals surface area contributed by atoms with Crippen LogP contribution in [0.3, 0.4) is 0 Å². The molecule has 1 heterocycles. The van der Waals surface area contributed by atoms with Gasteiger partial charge in [0.1, 0.15) is 0 Å². The molecule has 0 fully saturated rings. The summed E-state index contributed by atoms with van der Waals surface area (Å²) < 4.78 is 1.78. The Kier molecular flexibility index (Phi) is 4.98. The van der Waals surface area contributed by atoms with Crippen LogP contribution in [0, 0.1) is 0 Å². The van der Waals surface area contributed by atoms with E-state index >= 15 is 0 Å². The Hall–Kier alpha value is -1.36. The molecule has 1 amide bonds. The van der Waals surface area contributed by atoms with Crippen molar-refractivity contribution in [1.29, 1.82) is 0 Å². The van der Waals surface area contributed by atoms with Crippen molar-refractivity contribution in [2.75, 3.05) is 26.7 Å². The Morgan fingerprint density at radius 1 is 1.62 bits per heavy atom. The van der Waals surface area contributed by atoms with Gasteiger partial charge in [-0.3, -0.25) is 9.48 Å². The maximum absolute atomic E-state index is 11.4. The van der Waals surface area contributed by atoms with Gasteiger partial charge in [-0.05, 0) is 25.5 Å². The summed E-state index contributed by atoms with van der Waals surface area (Å²) in [5.74, 6) is 0.133. The van der Waals surface area contributed by atoms with Crippen molar-refractivity contribution in [1.82, 2.24) is 20.0 Å². The lowest BCUT2D eigenvalue weighted by atomic mass is 10.2. The van der Waals surface area contributed by atoms with Crippen molar-refractivity contribution in [2.24, 2.45) is 7.05 Å². The number of aryl methyl sites for hydroxylation is 1. The molecule has 0 aliphatic rings. The normalized spacial score (nSPS) is 10.4. The van der Waals surface area contributed by atoms with Gasteiger partial charge >= 0.3 is 0 Å². The number of hydrogen-bond acceptors (Lipinski definition) is 3. The summed E-state index contributed by atoms with van der Waals surface area (Å²) in [6, 6.07) is 0. The molecule has 0 aromatic carbocycles. The van der Waals surface area contributed by atoms with Gasteiger partial charge < -0.3 is 10.2 Å². The van der Waals surface area contributed by atoms with Crippen LogP contribution in [0.1, 0.15) is 12.5 Å². The molecule has 1 aromatic rings. The van der Waals surface area contributed by atoms with E-state index in [0.717, 1.165) is 19.5 Å². The van der Waals surface area contributed by atoms with Crippen LogP contribution < -0.4 is 5.32 Å². The van der Waals surface area contributed by atoms with Gasteiger partial charge in [0, 0.05) is 26.8 Å². The van der Waals surface area contributed by atoms with E-state index in [2.05, 4.69) is 10.4 Å². The van der Waals surface area contributed by atoms with Crippen LogP contribution in [-0.4, -0.2) is 47.3 Å². The van der Waals surface area contributed by atoms with Crippen LogP contribution in [0.2, 0.25) is 0 Å². The molecule has 1 N–H and O–H groups in total. The summed E-state index contributed by atoms with van der Waals surface area (Å²) in [7, 11) is 3.71. The number of rotatable bonds is 6. The Morgan fingerprint density at radius 3 is 2.94 bits per heavy atom.